The average Bonchev–Trinajstić information content (AvgIpc) is 2.83. The van der Waals surface area contributed by atoms with E-state index in [-0.39, 0.29) is 18.1 Å². The lowest BCUT2D eigenvalue weighted by Crippen LogP contribution is -2.15. The number of nitro groups is 1. The molecule has 2 rings (SSSR count). The average molecular weight is 274 g/mol. The number of carbonyl (C=O) groups excluding carboxylic acids is 1. The smallest absolute Gasteiger partial charge is 0.273 e. The number of Topliss-reactive ketones (excluding diaryl/α,β-unsaturated/α-hetero) is 1. The normalized spacial score (nSPS) is 10.3. The van der Waals surface area contributed by atoms with Crippen LogP contribution in [0.3, 0.4) is 0 Å². The van der Waals surface area contributed by atoms with Gasteiger partial charge in [-0.05, 0) is 30.7 Å². The van der Waals surface area contributed by atoms with Crippen LogP contribution >= 0.6 is 0 Å². The van der Waals surface area contributed by atoms with Gasteiger partial charge in [-0.1, -0.05) is 0 Å². The van der Waals surface area contributed by atoms with Crippen molar-refractivity contribution in [2.75, 3.05) is 6.61 Å². The van der Waals surface area contributed by atoms with Crippen LogP contribution < -0.4 is 4.74 Å². The third kappa shape index (κ3) is 2.85. The van der Waals surface area contributed by atoms with Crippen LogP contribution in [0.4, 0.5) is 5.69 Å². The molecule has 0 aliphatic rings. The number of hydrogen-bond donors (Lipinski definition) is 0. The van der Waals surface area contributed by atoms with Gasteiger partial charge in [0.2, 0.25) is 5.78 Å². The highest BCUT2D eigenvalue weighted by molar-refractivity contribution is 5.95. The number of hydrogen-bond acceptors (Lipinski definition) is 4. The summed E-state index contributed by atoms with van der Waals surface area (Å²) in [5, 5.41) is 10.7. The van der Waals surface area contributed by atoms with Crippen molar-refractivity contribution in [1.29, 1.82) is 0 Å². The van der Waals surface area contributed by atoms with E-state index >= 15 is 0 Å². The van der Waals surface area contributed by atoms with Gasteiger partial charge < -0.3 is 9.30 Å². The predicted molar refractivity (Wildman–Crippen MR) is 73.1 cm³/mol. The number of ether oxygens (including phenoxy) is 1. The highest BCUT2D eigenvalue weighted by Crippen LogP contribution is 2.24. The SMILES string of the molecule is Cc1ccc([N+](=O)[O-])cc1OCC(=O)c1cccn1C. The lowest BCUT2D eigenvalue weighted by atomic mass is 10.2. The zero-order valence-electron chi connectivity index (χ0n) is 11.2. The van der Waals surface area contributed by atoms with Crippen molar-refractivity contribution in [3.05, 3.63) is 57.9 Å². The van der Waals surface area contributed by atoms with E-state index in [1.807, 2.05) is 0 Å². The Balaban J connectivity index is 2.11. The monoisotopic (exact) mass is 274 g/mol. The minimum atomic E-state index is -0.495. The Morgan fingerprint density at radius 3 is 2.75 bits per heavy atom. The van der Waals surface area contributed by atoms with Crippen molar-refractivity contribution >= 4 is 11.5 Å². The predicted octanol–water partition coefficient (Wildman–Crippen LogP) is 2.50. The van der Waals surface area contributed by atoms with Crippen molar-refractivity contribution in [1.82, 2.24) is 4.57 Å². The zero-order valence-corrected chi connectivity index (χ0v) is 11.2. The summed E-state index contributed by atoms with van der Waals surface area (Å²) in [5.41, 5.74) is 1.22. The number of aromatic nitrogens is 1. The second kappa shape index (κ2) is 5.56. The minimum absolute atomic E-state index is 0.0584. The molecule has 1 heterocycles. The Bertz CT molecular complexity index is 661. The second-order valence-corrected chi connectivity index (χ2v) is 4.42. The van der Waals surface area contributed by atoms with Crippen LogP contribution in [-0.4, -0.2) is 21.9 Å². The lowest BCUT2D eigenvalue weighted by molar-refractivity contribution is -0.384. The largest absolute Gasteiger partial charge is 0.485 e. The zero-order chi connectivity index (χ0) is 14.7. The Morgan fingerprint density at radius 2 is 2.15 bits per heavy atom. The first-order chi connectivity index (χ1) is 9.49. The van der Waals surface area contributed by atoms with Gasteiger partial charge >= 0.3 is 0 Å². The molecule has 0 aliphatic carbocycles. The summed E-state index contributed by atoms with van der Waals surface area (Å²) in [4.78, 5) is 22.2. The van der Waals surface area contributed by atoms with Crippen molar-refractivity contribution in [3.8, 4) is 5.75 Å². The third-order valence-corrected chi connectivity index (χ3v) is 2.97. The van der Waals surface area contributed by atoms with E-state index in [1.54, 1.807) is 42.9 Å². The van der Waals surface area contributed by atoms with Gasteiger partial charge in [-0.15, -0.1) is 0 Å². The number of nitrogens with zero attached hydrogens (tertiary/aromatic N) is 2. The van der Waals surface area contributed by atoms with Gasteiger partial charge in [-0.3, -0.25) is 14.9 Å². The number of rotatable bonds is 5. The van der Waals surface area contributed by atoms with Gasteiger partial charge in [0.25, 0.3) is 5.69 Å². The van der Waals surface area contributed by atoms with Crippen molar-refractivity contribution in [2.24, 2.45) is 7.05 Å². The molecular weight excluding hydrogens is 260 g/mol. The van der Waals surface area contributed by atoms with E-state index < -0.39 is 4.92 Å². The van der Waals surface area contributed by atoms with Crippen molar-refractivity contribution < 1.29 is 14.5 Å². The molecule has 104 valence electrons. The van der Waals surface area contributed by atoms with Crippen LogP contribution in [-0.2, 0) is 7.05 Å². The van der Waals surface area contributed by atoms with Crippen molar-refractivity contribution in [3.63, 3.8) is 0 Å². The summed E-state index contributed by atoms with van der Waals surface area (Å²) in [5.74, 6) is 0.171. The number of benzene rings is 1. The summed E-state index contributed by atoms with van der Waals surface area (Å²) in [6.07, 6.45) is 1.77. The fraction of sp³-hybridized carbons (Fsp3) is 0.214. The van der Waals surface area contributed by atoms with Gasteiger partial charge in [0.05, 0.1) is 16.7 Å². The maximum absolute atomic E-state index is 12.0. The Kier molecular flexibility index (Phi) is 3.84. The van der Waals surface area contributed by atoms with Crippen molar-refractivity contribution in [2.45, 2.75) is 6.92 Å². The number of ketones is 1. The molecule has 20 heavy (non-hydrogen) atoms. The van der Waals surface area contributed by atoms with Gasteiger partial charge in [-0.25, -0.2) is 0 Å². The molecule has 6 heteroatoms. The van der Waals surface area contributed by atoms with Crippen LogP contribution in [0, 0.1) is 17.0 Å². The van der Waals surface area contributed by atoms with Crippen LogP contribution in [0.1, 0.15) is 16.1 Å². The summed E-state index contributed by atoms with van der Waals surface area (Å²) in [6, 6.07) is 7.80. The van der Waals surface area contributed by atoms with E-state index in [1.165, 1.54) is 12.1 Å². The molecule has 0 amide bonds. The van der Waals surface area contributed by atoms with Gasteiger partial charge in [0.1, 0.15) is 5.75 Å². The van der Waals surface area contributed by atoms with E-state index in [0.29, 0.717) is 11.4 Å². The highest BCUT2D eigenvalue weighted by Gasteiger charge is 2.13. The van der Waals surface area contributed by atoms with Crippen LogP contribution in [0.2, 0.25) is 0 Å². The second-order valence-electron chi connectivity index (χ2n) is 4.42. The van der Waals surface area contributed by atoms with Gasteiger partial charge in [-0.2, -0.15) is 0 Å². The quantitative estimate of drug-likeness (QED) is 0.477. The molecule has 2 aromatic rings. The molecule has 0 aliphatic heterocycles. The third-order valence-electron chi connectivity index (χ3n) is 2.97. The molecule has 1 aromatic heterocycles. The van der Waals surface area contributed by atoms with Crippen LogP contribution in [0.25, 0.3) is 0 Å². The number of non-ortho nitro benzene ring substituents is 1. The highest BCUT2D eigenvalue weighted by atomic mass is 16.6. The molecule has 1 aromatic carbocycles. The standard InChI is InChI=1S/C14H14N2O4/c1-10-5-6-11(16(18)19)8-14(10)20-9-13(17)12-4-3-7-15(12)2/h3-8H,9H2,1-2H3. The van der Waals surface area contributed by atoms with Crippen LogP contribution in [0.5, 0.6) is 5.75 Å². The van der Waals surface area contributed by atoms with Crippen LogP contribution in [0.15, 0.2) is 36.5 Å². The lowest BCUT2D eigenvalue weighted by Gasteiger charge is -2.08. The molecule has 0 saturated carbocycles. The summed E-state index contributed by atoms with van der Waals surface area (Å²) in [7, 11) is 1.77. The molecule has 0 radical (unpaired) electrons. The Hall–Kier alpha value is -2.63. The maximum Gasteiger partial charge on any atom is 0.273 e. The first-order valence-corrected chi connectivity index (χ1v) is 6.01. The van der Waals surface area contributed by atoms with Gasteiger partial charge in [0, 0.05) is 19.3 Å². The molecular formula is C14H14N2O4. The molecule has 0 N–H and O–H groups in total. The number of carbonyl (C=O) groups is 1. The van der Waals surface area contributed by atoms with E-state index in [9.17, 15) is 14.9 Å². The fourth-order valence-corrected chi connectivity index (χ4v) is 1.83. The Morgan fingerprint density at radius 1 is 1.40 bits per heavy atom. The van der Waals surface area contributed by atoms with E-state index in [2.05, 4.69) is 0 Å². The molecule has 0 spiro atoms. The molecule has 6 nitrogen and oxygen atoms in total. The first kappa shape index (κ1) is 13.8. The first-order valence-electron chi connectivity index (χ1n) is 6.01. The van der Waals surface area contributed by atoms with Gasteiger partial charge in [0.15, 0.2) is 6.61 Å². The fourth-order valence-electron chi connectivity index (χ4n) is 1.83. The molecule has 0 bridgehead atoms. The molecule has 0 atom stereocenters. The number of nitro benzene ring substituents is 1. The topological polar surface area (TPSA) is 74.4 Å². The summed E-state index contributed by atoms with van der Waals surface area (Å²) < 4.78 is 7.10. The van der Waals surface area contributed by atoms with E-state index in [4.69, 9.17) is 4.74 Å². The summed E-state index contributed by atoms with van der Waals surface area (Å²) >= 11 is 0. The molecule has 0 fully saturated rings. The number of aryl methyl sites for hydroxylation is 2. The minimum Gasteiger partial charge on any atom is -0.485 e. The summed E-state index contributed by atoms with van der Waals surface area (Å²) in [6.45, 7) is 1.62. The maximum atomic E-state index is 12.0. The van der Waals surface area contributed by atoms with E-state index in [0.717, 1.165) is 5.56 Å². The molecule has 0 unspecified atom stereocenters. The Labute approximate surface area is 115 Å². The molecule has 0 saturated heterocycles.